The molecule has 1 fully saturated rings. The van der Waals surface area contributed by atoms with Gasteiger partial charge in [0.2, 0.25) is 0 Å². The van der Waals surface area contributed by atoms with Crippen LogP contribution in [0.2, 0.25) is 0 Å². The van der Waals surface area contributed by atoms with E-state index in [-0.39, 0.29) is 0 Å². The molecule has 1 saturated carbocycles. The van der Waals surface area contributed by atoms with Crippen molar-refractivity contribution < 1.29 is 14.6 Å². The van der Waals surface area contributed by atoms with Gasteiger partial charge in [0.15, 0.2) is 11.5 Å². The minimum absolute atomic E-state index is 0.479. The number of aliphatic hydroxyl groups excluding tert-OH is 1. The predicted octanol–water partition coefficient (Wildman–Crippen LogP) is 2.66. The first-order valence-corrected chi connectivity index (χ1v) is 8.01. The zero-order chi connectivity index (χ0) is 14.7. The zero-order valence-corrected chi connectivity index (χ0v) is 12.7. The molecule has 0 amide bonds. The molecule has 2 aliphatic rings. The zero-order valence-electron chi connectivity index (χ0n) is 12.7. The summed E-state index contributed by atoms with van der Waals surface area (Å²) < 4.78 is 11.1. The lowest BCUT2D eigenvalue weighted by Gasteiger charge is -2.41. The molecule has 0 aromatic heterocycles. The van der Waals surface area contributed by atoms with Crippen molar-refractivity contribution in [1.29, 1.82) is 0 Å². The van der Waals surface area contributed by atoms with E-state index in [0.717, 1.165) is 23.6 Å². The second-order valence-electron chi connectivity index (χ2n) is 6.26. The molecule has 21 heavy (non-hydrogen) atoms. The highest BCUT2D eigenvalue weighted by atomic mass is 16.6. The van der Waals surface area contributed by atoms with Gasteiger partial charge in [0.25, 0.3) is 0 Å². The highest BCUT2D eigenvalue weighted by Gasteiger charge is 2.34. The lowest BCUT2D eigenvalue weighted by atomic mass is 9.67. The summed E-state index contributed by atoms with van der Waals surface area (Å²) in [6.07, 6.45) is 4.70. The maximum atomic E-state index is 10.3. The third-order valence-corrected chi connectivity index (χ3v) is 4.95. The lowest BCUT2D eigenvalue weighted by Crippen LogP contribution is -2.40. The fraction of sp³-hybridized carbons (Fsp3) is 0.647. The van der Waals surface area contributed by atoms with Crippen LogP contribution in [0, 0.1) is 5.41 Å². The summed E-state index contributed by atoms with van der Waals surface area (Å²) in [5.41, 5.74) is 1.36. The Hall–Kier alpha value is -1.26. The second kappa shape index (κ2) is 6.24. The predicted molar refractivity (Wildman–Crippen MR) is 81.8 cm³/mol. The molecule has 116 valence electrons. The van der Waals surface area contributed by atoms with Gasteiger partial charge in [-0.2, -0.15) is 0 Å². The second-order valence-corrected chi connectivity index (χ2v) is 6.26. The summed E-state index contributed by atoms with van der Waals surface area (Å²) >= 11 is 0. The SMILES string of the molecule is CCC1(CNCC(O)c2ccc3c(c2)OCCO3)CCC1. The van der Waals surface area contributed by atoms with Crippen molar-refractivity contribution in [1.82, 2.24) is 5.32 Å². The molecule has 3 rings (SSSR count). The van der Waals surface area contributed by atoms with Gasteiger partial charge in [-0.15, -0.1) is 0 Å². The number of rotatable bonds is 6. The van der Waals surface area contributed by atoms with E-state index in [2.05, 4.69) is 12.2 Å². The van der Waals surface area contributed by atoms with Crippen molar-refractivity contribution in [2.45, 2.75) is 38.7 Å². The lowest BCUT2D eigenvalue weighted by molar-refractivity contribution is 0.110. The smallest absolute Gasteiger partial charge is 0.161 e. The largest absolute Gasteiger partial charge is 0.486 e. The quantitative estimate of drug-likeness (QED) is 0.846. The molecule has 0 spiro atoms. The first-order valence-electron chi connectivity index (χ1n) is 8.01. The molecule has 4 nitrogen and oxygen atoms in total. The average molecular weight is 291 g/mol. The van der Waals surface area contributed by atoms with Crippen molar-refractivity contribution in [3.63, 3.8) is 0 Å². The molecule has 4 heteroatoms. The van der Waals surface area contributed by atoms with Crippen LogP contribution in [-0.2, 0) is 0 Å². The molecule has 1 aliphatic carbocycles. The number of hydrogen-bond donors (Lipinski definition) is 2. The minimum atomic E-state index is -0.505. The molecule has 0 saturated heterocycles. The van der Waals surface area contributed by atoms with Crippen LogP contribution >= 0.6 is 0 Å². The Bertz CT molecular complexity index is 479. The minimum Gasteiger partial charge on any atom is -0.486 e. The van der Waals surface area contributed by atoms with Crippen LogP contribution < -0.4 is 14.8 Å². The van der Waals surface area contributed by atoms with Gasteiger partial charge < -0.3 is 19.9 Å². The van der Waals surface area contributed by atoms with Gasteiger partial charge in [-0.05, 0) is 42.4 Å². The summed E-state index contributed by atoms with van der Waals surface area (Å²) in [6, 6.07) is 5.69. The van der Waals surface area contributed by atoms with Gasteiger partial charge in [0, 0.05) is 13.1 Å². The molecule has 1 aromatic carbocycles. The van der Waals surface area contributed by atoms with E-state index >= 15 is 0 Å². The molecule has 1 aromatic rings. The Morgan fingerprint density at radius 1 is 1.24 bits per heavy atom. The van der Waals surface area contributed by atoms with Crippen molar-refractivity contribution >= 4 is 0 Å². The standard InChI is InChI=1S/C17H25NO3/c1-2-17(6-3-7-17)12-18-11-14(19)13-4-5-15-16(10-13)21-9-8-20-15/h4-5,10,14,18-19H,2-3,6-9,11-12H2,1H3. The van der Waals surface area contributed by atoms with E-state index < -0.39 is 6.10 Å². The summed E-state index contributed by atoms with van der Waals surface area (Å²) in [7, 11) is 0. The van der Waals surface area contributed by atoms with Crippen molar-refractivity contribution in [3.8, 4) is 11.5 Å². The topological polar surface area (TPSA) is 50.7 Å². The number of fused-ring (bicyclic) bond motifs is 1. The van der Waals surface area contributed by atoms with Crippen LogP contribution in [0.1, 0.15) is 44.3 Å². The van der Waals surface area contributed by atoms with E-state index in [1.165, 1.54) is 25.7 Å². The third kappa shape index (κ3) is 3.16. The van der Waals surface area contributed by atoms with Crippen LogP contribution in [0.5, 0.6) is 11.5 Å². The summed E-state index contributed by atoms with van der Waals surface area (Å²) in [4.78, 5) is 0. The molecule has 1 aliphatic heterocycles. The first-order chi connectivity index (χ1) is 10.2. The van der Waals surface area contributed by atoms with Gasteiger partial charge in [0.1, 0.15) is 13.2 Å². The van der Waals surface area contributed by atoms with Crippen LogP contribution in [-0.4, -0.2) is 31.4 Å². The van der Waals surface area contributed by atoms with Crippen molar-refractivity contribution in [3.05, 3.63) is 23.8 Å². The Kier molecular flexibility index (Phi) is 4.36. The van der Waals surface area contributed by atoms with Gasteiger partial charge in [-0.3, -0.25) is 0 Å². The summed E-state index contributed by atoms with van der Waals surface area (Å²) in [5, 5.41) is 13.8. The van der Waals surface area contributed by atoms with Crippen LogP contribution in [0.15, 0.2) is 18.2 Å². The number of nitrogens with one attached hydrogen (secondary N) is 1. The highest BCUT2D eigenvalue weighted by Crippen LogP contribution is 2.43. The molecule has 1 unspecified atom stereocenters. The highest BCUT2D eigenvalue weighted by molar-refractivity contribution is 5.44. The van der Waals surface area contributed by atoms with Gasteiger partial charge >= 0.3 is 0 Å². The maximum absolute atomic E-state index is 10.3. The van der Waals surface area contributed by atoms with Crippen LogP contribution in [0.4, 0.5) is 0 Å². The van der Waals surface area contributed by atoms with Gasteiger partial charge in [-0.25, -0.2) is 0 Å². The summed E-state index contributed by atoms with van der Waals surface area (Å²) in [6.45, 7) is 5.02. The Morgan fingerprint density at radius 2 is 2.00 bits per heavy atom. The molecular formula is C17H25NO3. The van der Waals surface area contributed by atoms with Gasteiger partial charge in [0.05, 0.1) is 6.10 Å². The van der Waals surface area contributed by atoms with Crippen molar-refractivity contribution in [2.75, 3.05) is 26.3 Å². The maximum Gasteiger partial charge on any atom is 0.161 e. The first kappa shape index (κ1) is 14.7. The average Bonchev–Trinajstić information content (AvgIpc) is 2.49. The molecule has 0 bridgehead atoms. The molecule has 2 N–H and O–H groups in total. The number of aliphatic hydroxyl groups is 1. The molecule has 1 heterocycles. The van der Waals surface area contributed by atoms with E-state index in [4.69, 9.17) is 9.47 Å². The Labute approximate surface area is 126 Å². The fourth-order valence-corrected chi connectivity index (χ4v) is 3.19. The van der Waals surface area contributed by atoms with Crippen LogP contribution in [0.25, 0.3) is 0 Å². The van der Waals surface area contributed by atoms with E-state index in [1.54, 1.807) is 0 Å². The van der Waals surface area contributed by atoms with Crippen LogP contribution in [0.3, 0.4) is 0 Å². The third-order valence-electron chi connectivity index (χ3n) is 4.95. The van der Waals surface area contributed by atoms with E-state index in [9.17, 15) is 5.11 Å². The monoisotopic (exact) mass is 291 g/mol. The van der Waals surface area contributed by atoms with Gasteiger partial charge in [-0.1, -0.05) is 19.4 Å². The van der Waals surface area contributed by atoms with E-state index in [1.807, 2.05) is 18.2 Å². The fourth-order valence-electron chi connectivity index (χ4n) is 3.19. The molecule has 0 radical (unpaired) electrons. The van der Waals surface area contributed by atoms with Crippen molar-refractivity contribution in [2.24, 2.45) is 5.41 Å². The molecular weight excluding hydrogens is 266 g/mol. The Balaban J connectivity index is 1.54. The summed E-state index contributed by atoms with van der Waals surface area (Å²) in [5.74, 6) is 1.51. The number of hydrogen-bond acceptors (Lipinski definition) is 4. The molecule has 1 atom stereocenters. The van der Waals surface area contributed by atoms with E-state index in [0.29, 0.717) is 25.2 Å². The number of benzene rings is 1. The number of ether oxygens (including phenoxy) is 2. The normalized spacial score (nSPS) is 20.7. The Morgan fingerprint density at radius 3 is 2.67 bits per heavy atom.